The molecule has 0 spiro atoms. The van der Waals surface area contributed by atoms with Crippen molar-refractivity contribution in [3.05, 3.63) is 71.8 Å². The Kier molecular flexibility index (Phi) is 4.04. The quantitative estimate of drug-likeness (QED) is 0.738. The number of hydrogen-bond acceptors (Lipinski definition) is 5. The molecule has 3 aromatic rings. The fourth-order valence-electron chi connectivity index (χ4n) is 4.18. The summed E-state index contributed by atoms with van der Waals surface area (Å²) in [6, 6.07) is 15.1. The van der Waals surface area contributed by atoms with E-state index in [0.29, 0.717) is 5.82 Å². The molecule has 0 radical (unpaired) electrons. The van der Waals surface area contributed by atoms with E-state index in [1.807, 2.05) is 36.4 Å². The van der Waals surface area contributed by atoms with Crippen LogP contribution in [0.25, 0.3) is 11.1 Å². The highest BCUT2D eigenvalue weighted by molar-refractivity contribution is 5.81. The molecule has 29 heavy (non-hydrogen) atoms. The minimum Gasteiger partial charge on any atom is -0.480 e. The molecule has 0 saturated carbocycles. The number of nitrogens with zero attached hydrogens (tertiary/aromatic N) is 4. The molecule has 1 atom stereocenters. The molecule has 1 aliphatic carbocycles. The SMILES string of the molecule is O=C(O)C1Cn2cnnc2CN1C(=O)OCC1c2ccccc2-c2ccccc21. The number of hydrogen-bond donors (Lipinski definition) is 1. The summed E-state index contributed by atoms with van der Waals surface area (Å²) in [6.07, 6.45) is 0.814. The minimum absolute atomic E-state index is 0.0492. The van der Waals surface area contributed by atoms with Crippen molar-refractivity contribution in [3.63, 3.8) is 0 Å². The predicted octanol–water partition coefficient (Wildman–Crippen LogP) is 2.50. The minimum atomic E-state index is -1.09. The number of carbonyl (C=O) groups excluding carboxylic acids is 1. The van der Waals surface area contributed by atoms with Gasteiger partial charge in [0.15, 0.2) is 11.9 Å². The maximum atomic E-state index is 12.8. The maximum Gasteiger partial charge on any atom is 0.411 e. The lowest BCUT2D eigenvalue weighted by atomic mass is 9.98. The van der Waals surface area contributed by atoms with Gasteiger partial charge >= 0.3 is 12.1 Å². The summed E-state index contributed by atoms with van der Waals surface area (Å²) >= 11 is 0. The number of ether oxygens (including phenoxy) is 1. The number of benzene rings is 2. The summed E-state index contributed by atoms with van der Waals surface area (Å²) in [5.74, 6) is -0.628. The number of fused-ring (bicyclic) bond motifs is 4. The van der Waals surface area contributed by atoms with Crippen LogP contribution in [0.4, 0.5) is 4.79 Å². The van der Waals surface area contributed by atoms with E-state index in [1.165, 1.54) is 11.2 Å². The Labute approximate surface area is 166 Å². The van der Waals surface area contributed by atoms with Gasteiger partial charge < -0.3 is 14.4 Å². The van der Waals surface area contributed by atoms with Gasteiger partial charge in [-0.15, -0.1) is 10.2 Å². The van der Waals surface area contributed by atoms with Gasteiger partial charge in [0.25, 0.3) is 0 Å². The molecule has 2 aromatic carbocycles. The molecule has 8 nitrogen and oxygen atoms in total. The Hall–Kier alpha value is -3.68. The molecular formula is C21H18N4O4. The van der Waals surface area contributed by atoms with Gasteiger partial charge in [0, 0.05) is 5.92 Å². The van der Waals surface area contributed by atoms with E-state index in [1.54, 1.807) is 4.57 Å². The second-order valence-corrected chi connectivity index (χ2v) is 7.19. The van der Waals surface area contributed by atoms with E-state index < -0.39 is 18.1 Å². The lowest BCUT2D eigenvalue weighted by molar-refractivity contribution is -0.144. The van der Waals surface area contributed by atoms with Gasteiger partial charge in [0.2, 0.25) is 0 Å². The van der Waals surface area contributed by atoms with Gasteiger partial charge in [-0.2, -0.15) is 0 Å². The normalized spacial score (nSPS) is 17.4. The van der Waals surface area contributed by atoms with Crippen molar-refractivity contribution in [3.8, 4) is 11.1 Å². The molecule has 8 heteroatoms. The van der Waals surface area contributed by atoms with Crippen LogP contribution >= 0.6 is 0 Å². The molecule has 1 aromatic heterocycles. The monoisotopic (exact) mass is 390 g/mol. The zero-order valence-electron chi connectivity index (χ0n) is 15.4. The first-order chi connectivity index (χ1) is 14.1. The third-order valence-electron chi connectivity index (χ3n) is 5.61. The number of rotatable bonds is 3. The van der Waals surface area contributed by atoms with Crippen LogP contribution in [-0.2, 0) is 22.6 Å². The molecule has 1 unspecified atom stereocenters. The topological polar surface area (TPSA) is 97.5 Å². The van der Waals surface area contributed by atoms with Crippen molar-refractivity contribution in [2.45, 2.75) is 25.0 Å². The highest BCUT2D eigenvalue weighted by atomic mass is 16.6. The van der Waals surface area contributed by atoms with E-state index >= 15 is 0 Å². The standard InChI is InChI=1S/C21H18N4O4/c26-20(27)18-9-24-12-22-23-19(24)10-25(18)21(28)29-11-17-15-7-3-1-5-13(15)14-6-2-4-8-16(14)17/h1-8,12,17-18H,9-11H2,(H,26,27). The average Bonchev–Trinajstić information content (AvgIpc) is 3.33. The first-order valence-electron chi connectivity index (χ1n) is 9.34. The summed E-state index contributed by atoms with van der Waals surface area (Å²) < 4.78 is 7.26. The van der Waals surface area contributed by atoms with Gasteiger partial charge in [-0.05, 0) is 22.3 Å². The van der Waals surface area contributed by atoms with Crippen LogP contribution in [0.2, 0.25) is 0 Å². The van der Waals surface area contributed by atoms with Gasteiger partial charge in [-0.1, -0.05) is 48.5 Å². The van der Waals surface area contributed by atoms with Crippen molar-refractivity contribution in [1.82, 2.24) is 19.7 Å². The number of carbonyl (C=O) groups is 2. The average molecular weight is 390 g/mol. The molecule has 1 amide bonds. The largest absolute Gasteiger partial charge is 0.480 e. The fraction of sp³-hybridized carbons (Fsp3) is 0.238. The van der Waals surface area contributed by atoms with Crippen LogP contribution < -0.4 is 0 Å². The molecule has 0 bridgehead atoms. The van der Waals surface area contributed by atoms with Crippen LogP contribution in [0.5, 0.6) is 0 Å². The molecule has 146 valence electrons. The molecule has 0 fully saturated rings. The molecule has 5 rings (SSSR count). The molecule has 1 N–H and O–H groups in total. The Morgan fingerprint density at radius 1 is 1.07 bits per heavy atom. The lowest BCUT2D eigenvalue weighted by Crippen LogP contribution is -2.50. The van der Waals surface area contributed by atoms with Gasteiger partial charge in [-0.25, -0.2) is 9.59 Å². The maximum absolute atomic E-state index is 12.8. The number of aromatic nitrogens is 3. The fourth-order valence-corrected chi connectivity index (χ4v) is 4.18. The zero-order chi connectivity index (χ0) is 20.0. The third-order valence-corrected chi connectivity index (χ3v) is 5.61. The van der Waals surface area contributed by atoms with Crippen LogP contribution in [0.3, 0.4) is 0 Å². The van der Waals surface area contributed by atoms with Crippen LogP contribution in [0.15, 0.2) is 54.9 Å². The van der Waals surface area contributed by atoms with Gasteiger partial charge in [0.1, 0.15) is 12.9 Å². The Morgan fingerprint density at radius 3 is 2.38 bits per heavy atom. The molecule has 0 saturated heterocycles. The molecule has 2 aliphatic rings. The van der Waals surface area contributed by atoms with E-state index in [-0.39, 0.29) is 25.6 Å². The van der Waals surface area contributed by atoms with E-state index in [0.717, 1.165) is 22.3 Å². The highest BCUT2D eigenvalue weighted by Crippen LogP contribution is 2.44. The molecule has 2 heterocycles. The predicted molar refractivity (Wildman–Crippen MR) is 102 cm³/mol. The summed E-state index contributed by atoms with van der Waals surface area (Å²) in [4.78, 5) is 25.7. The van der Waals surface area contributed by atoms with E-state index in [9.17, 15) is 14.7 Å². The van der Waals surface area contributed by atoms with Crippen molar-refractivity contribution >= 4 is 12.1 Å². The second-order valence-electron chi connectivity index (χ2n) is 7.19. The number of carboxylic acid groups (broad SMARTS) is 1. The number of aliphatic carboxylic acids is 1. The van der Waals surface area contributed by atoms with Crippen molar-refractivity contribution < 1.29 is 19.4 Å². The molecular weight excluding hydrogens is 372 g/mol. The highest BCUT2D eigenvalue weighted by Gasteiger charge is 2.37. The van der Waals surface area contributed by atoms with Gasteiger partial charge in [0.05, 0.1) is 13.1 Å². The zero-order valence-corrected chi connectivity index (χ0v) is 15.4. The Morgan fingerprint density at radius 2 is 1.72 bits per heavy atom. The van der Waals surface area contributed by atoms with Crippen LogP contribution in [0.1, 0.15) is 22.9 Å². The van der Waals surface area contributed by atoms with E-state index in [4.69, 9.17) is 4.74 Å². The van der Waals surface area contributed by atoms with Crippen molar-refractivity contribution in [1.29, 1.82) is 0 Å². The molecule has 1 aliphatic heterocycles. The second kappa shape index (κ2) is 6.73. The number of amides is 1. The smallest absolute Gasteiger partial charge is 0.411 e. The van der Waals surface area contributed by atoms with Crippen LogP contribution in [0, 0.1) is 0 Å². The number of carboxylic acids is 1. The summed E-state index contributed by atoms with van der Waals surface area (Å²) in [6.45, 7) is 0.290. The third kappa shape index (κ3) is 2.84. The van der Waals surface area contributed by atoms with E-state index in [2.05, 4.69) is 22.3 Å². The van der Waals surface area contributed by atoms with Crippen molar-refractivity contribution in [2.75, 3.05) is 6.61 Å². The first-order valence-corrected chi connectivity index (χ1v) is 9.34. The summed E-state index contributed by atoms with van der Waals surface area (Å²) in [5, 5.41) is 17.3. The van der Waals surface area contributed by atoms with Gasteiger partial charge in [-0.3, -0.25) is 4.90 Å². The first kappa shape index (κ1) is 17.4. The summed E-state index contributed by atoms with van der Waals surface area (Å²) in [7, 11) is 0. The van der Waals surface area contributed by atoms with Crippen molar-refractivity contribution in [2.24, 2.45) is 0 Å². The lowest BCUT2D eigenvalue weighted by Gasteiger charge is -2.32. The Bertz CT molecular complexity index is 1060. The Balaban J connectivity index is 1.38. The van der Waals surface area contributed by atoms with Crippen LogP contribution in [-0.4, -0.2) is 49.5 Å². The summed E-state index contributed by atoms with van der Waals surface area (Å²) in [5.41, 5.74) is 4.49.